The van der Waals surface area contributed by atoms with E-state index >= 15 is 0 Å². The first kappa shape index (κ1) is 12.8. The molecule has 0 heterocycles. The molecule has 0 amide bonds. The molecule has 0 radical (unpaired) electrons. The largest absolute Gasteiger partial charge is 0.492 e. The molecule has 3 heteroatoms. The minimum Gasteiger partial charge on any atom is -0.492 e. The zero-order valence-corrected chi connectivity index (χ0v) is 10.5. The number of likely N-dealkylation sites (N-methyl/N-ethyl adjacent to an activating group) is 1. The lowest BCUT2D eigenvalue weighted by Gasteiger charge is -2.18. The van der Waals surface area contributed by atoms with Crippen LogP contribution in [0.4, 0.5) is 5.69 Å². The van der Waals surface area contributed by atoms with Gasteiger partial charge in [-0.1, -0.05) is 19.9 Å². The third kappa shape index (κ3) is 3.74. The SMILES string of the molecule is CCN(CC)CCOc1ccc(C)c(N)c1. The van der Waals surface area contributed by atoms with E-state index in [-0.39, 0.29) is 0 Å². The molecule has 16 heavy (non-hydrogen) atoms. The Bertz CT molecular complexity index is 322. The van der Waals surface area contributed by atoms with Gasteiger partial charge in [0.2, 0.25) is 0 Å². The summed E-state index contributed by atoms with van der Waals surface area (Å²) in [6.07, 6.45) is 0. The highest BCUT2D eigenvalue weighted by Gasteiger charge is 2.00. The quantitative estimate of drug-likeness (QED) is 0.751. The second-order valence-electron chi connectivity index (χ2n) is 3.89. The normalized spacial score (nSPS) is 10.8. The third-order valence-electron chi connectivity index (χ3n) is 2.82. The summed E-state index contributed by atoms with van der Waals surface area (Å²) in [5.41, 5.74) is 7.70. The molecule has 1 aromatic carbocycles. The molecule has 1 aromatic rings. The van der Waals surface area contributed by atoms with Crippen LogP contribution in [0.1, 0.15) is 19.4 Å². The summed E-state index contributed by atoms with van der Waals surface area (Å²) >= 11 is 0. The van der Waals surface area contributed by atoms with Gasteiger partial charge in [0.05, 0.1) is 0 Å². The van der Waals surface area contributed by atoms with Crippen molar-refractivity contribution >= 4 is 5.69 Å². The van der Waals surface area contributed by atoms with E-state index in [1.807, 2.05) is 25.1 Å². The summed E-state index contributed by atoms with van der Waals surface area (Å²) in [7, 11) is 0. The lowest BCUT2D eigenvalue weighted by Crippen LogP contribution is -2.27. The van der Waals surface area contributed by atoms with E-state index < -0.39 is 0 Å². The van der Waals surface area contributed by atoms with Crippen molar-refractivity contribution in [3.63, 3.8) is 0 Å². The summed E-state index contributed by atoms with van der Waals surface area (Å²) in [5.74, 6) is 0.857. The van der Waals surface area contributed by atoms with Gasteiger partial charge in [-0.05, 0) is 31.6 Å². The molecular formula is C13H22N2O. The number of aryl methyl sites for hydroxylation is 1. The maximum atomic E-state index is 5.81. The molecule has 0 bridgehead atoms. The minimum atomic E-state index is 0.712. The molecule has 0 aliphatic heterocycles. The molecular weight excluding hydrogens is 200 g/mol. The van der Waals surface area contributed by atoms with Gasteiger partial charge in [0.25, 0.3) is 0 Å². The fourth-order valence-corrected chi connectivity index (χ4v) is 1.54. The number of nitrogen functional groups attached to an aromatic ring is 1. The Hall–Kier alpha value is -1.22. The van der Waals surface area contributed by atoms with Gasteiger partial charge in [-0.15, -0.1) is 0 Å². The molecule has 3 nitrogen and oxygen atoms in total. The molecule has 0 atom stereocenters. The van der Waals surface area contributed by atoms with Gasteiger partial charge in [0, 0.05) is 18.3 Å². The van der Waals surface area contributed by atoms with Crippen LogP contribution in [0, 0.1) is 6.92 Å². The highest BCUT2D eigenvalue weighted by Crippen LogP contribution is 2.18. The molecule has 0 saturated carbocycles. The van der Waals surface area contributed by atoms with Gasteiger partial charge in [-0.3, -0.25) is 0 Å². The maximum Gasteiger partial charge on any atom is 0.121 e. The average molecular weight is 222 g/mol. The molecule has 0 aromatic heterocycles. The molecule has 1 rings (SSSR count). The van der Waals surface area contributed by atoms with Crippen LogP contribution in [-0.4, -0.2) is 31.1 Å². The zero-order chi connectivity index (χ0) is 12.0. The van der Waals surface area contributed by atoms with Crippen molar-refractivity contribution in [2.45, 2.75) is 20.8 Å². The van der Waals surface area contributed by atoms with E-state index in [1.54, 1.807) is 0 Å². The second-order valence-corrected chi connectivity index (χ2v) is 3.89. The number of benzene rings is 1. The highest BCUT2D eigenvalue weighted by atomic mass is 16.5. The Morgan fingerprint density at radius 3 is 2.50 bits per heavy atom. The lowest BCUT2D eigenvalue weighted by molar-refractivity contribution is 0.223. The number of hydrogen-bond donors (Lipinski definition) is 1. The number of rotatable bonds is 6. The van der Waals surface area contributed by atoms with Gasteiger partial charge in [-0.25, -0.2) is 0 Å². The van der Waals surface area contributed by atoms with E-state index in [9.17, 15) is 0 Å². The van der Waals surface area contributed by atoms with E-state index in [4.69, 9.17) is 10.5 Å². The van der Waals surface area contributed by atoms with Gasteiger partial charge < -0.3 is 15.4 Å². The molecule has 0 aliphatic carbocycles. The standard InChI is InChI=1S/C13H22N2O/c1-4-15(5-2)8-9-16-12-7-6-11(3)13(14)10-12/h6-7,10H,4-5,8-9,14H2,1-3H3. The van der Waals surface area contributed by atoms with E-state index in [0.717, 1.165) is 36.6 Å². The van der Waals surface area contributed by atoms with Crippen LogP contribution in [-0.2, 0) is 0 Å². The van der Waals surface area contributed by atoms with E-state index in [0.29, 0.717) is 6.61 Å². The van der Waals surface area contributed by atoms with Gasteiger partial charge >= 0.3 is 0 Å². The van der Waals surface area contributed by atoms with Crippen LogP contribution in [0.3, 0.4) is 0 Å². The summed E-state index contributed by atoms with van der Waals surface area (Å²) in [4.78, 5) is 2.33. The number of ether oxygens (including phenoxy) is 1. The van der Waals surface area contributed by atoms with Crippen molar-refractivity contribution < 1.29 is 4.74 Å². The maximum absolute atomic E-state index is 5.81. The molecule has 90 valence electrons. The van der Waals surface area contributed by atoms with Gasteiger partial charge in [0.15, 0.2) is 0 Å². The van der Waals surface area contributed by atoms with E-state index in [2.05, 4.69) is 18.7 Å². The molecule has 0 saturated heterocycles. The molecule has 2 N–H and O–H groups in total. The van der Waals surface area contributed by atoms with E-state index in [1.165, 1.54) is 0 Å². The predicted molar refractivity (Wildman–Crippen MR) is 68.9 cm³/mol. The van der Waals surface area contributed by atoms with Crippen LogP contribution in [0.2, 0.25) is 0 Å². The topological polar surface area (TPSA) is 38.5 Å². The van der Waals surface area contributed by atoms with Crippen molar-refractivity contribution in [3.05, 3.63) is 23.8 Å². The number of anilines is 1. The Morgan fingerprint density at radius 1 is 1.25 bits per heavy atom. The van der Waals surface area contributed by atoms with Crippen molar-refractivity contribution in [1.29, 1.82) is 0 Å². The molecule has 0 aliphatic rings. The summed E-state index contributed by atoms with van der Waals surface area (Å²) in [5, 5.41) is 0. The Morgan fingerprint density at radius 2 is 1.94 bits per heavy atom. The average Bonchev–Trinajstić information content (AvgIpc) is 2.29. The van der Waals surface area contributed by atoms with Gasteiger partial charge in [0.1, 0.15) is 12.4 Å². The first-order valence-corrected chi connectivity index (χ1v) is 5.88. The van der Waals surface area contributed by atoms with Crippen molar-refractivity contribution in [3.8, 4) is 5.75 Å². The predicted octanol–water partition coefficient (Wildman–Crippen LogP) is 2.30. The Kier molecular flexibility index (Phi) is 5.12. The first-order valence-electron chi connectivity index (χ1n) is 5.88. The third-order valence-corrected chi connectivity index (χ3v) is 2.82. The monoisotopic (exact) mass is 222 g/mol. The van der Waals surface area contributed by atoms with Crippen LogP contribution in [0.25, 0.3) is 0 Å². The molecule has 0 spiro atoms. The lowest BCUT2D eigenvalue weighted by atomic mass is 10.2. The first-order chi connectivity index (χ1) is 7.67. The van der Waals surface area contributed by atoms with Crippen LogP contribution < -0.4 is 10.5 Å². The number of nitrogens with two attached hydrogens (primary N) is 1. The van der Waals surface area contributed by atoms with Crippen LogP contribution in [0.15, 0.2) is 18.2 Å². The fourth-order valence-electron chi connectivity index (χ4n) is 1.54. The second kappa shape index (κ2) is 6.38. The summed E-state index contributed by atoms with van der Waals surface area (Å²) < 4.78 is 5.65. The Labute approximate surface area is 98.2 Å². The molecule has 0 unspecified atom stereocenters. The zero-order valence-electron chi connectivity index (χ0n) is 10.5. The van der Waals surface area contributed by atoms with Crippen LogP contribution in [0.5, 0.6) is 5.75 Å². The van der Waals surface area contributed by atoms with Crippen molar-refractivity contribution in [2.75, 3.05) is 32.0 Å². The molecule has 0 fully saturated rings. The van der Waals surface area contributed by atoms with Gasteiger partial charge in [-0.2, -0.15) is 0 Å². The fraction of sp³-hybridized carbons (Fsp3) is 0.538. The summed E-state index contributed by atoms with van der Waals surface area (Å²) in [6.45, 7) is 10.1. The summed E-state index contributed by atoms with van der Waals surface area (Å²) in [6, 6.07) is 5.84. The van der Waals surface area contributed by atoms with Crippen molar-refractivity contribution in [2.24, 2.45) is 0 Å². The van der Waals surface area contributed by atoms with Crippen LogP contribution >= 0.6 is 0 Å². The smallest absolute Gasteiger partial charge is 0.121 e. The number of nitrogens with zero attached hydrogens (tertiary/aromatic N) is 1. The number of hydrogen-bond acceptors (Lipinski definition) is 3. The Balaban J connectivity index is 2.40. The highest BCUT2D eigenvalue weighted by molar-refractivity contribution is 5.50. The van der Waals surface area contributed by atoms with Crippen molar-refractivity contribution in [1.82, 2.24) is 4.90 Å². The minimum absolute atomic E-state index is 0.712.